The highest BCUT2D eigenvalue weighted by Crippen LogP contribution is 2.29. The Kier molecular flexibility index (Phi) is 4.20. The maximum atomic E-state index is 4.05. The lowest BCUT2D eigenvalue weighted by Gasteiger charge is -2.31. The van der Waals surface area contributed by atoms with Gasteiger partial charge in [0, 0.05) is 24.1 Å². The molecule has 1 fully saturated rings. The number of pyridine rings is 1. The Hall–Kier alpha value is -1.05. The zero-order valence-electron chi connectivity index (χ0n) is 10.2. The quantitative estimate of drug-likeness (QED) is 0.830. The highest BCUT2D eigenvalue weighted by atomic mass is 14.9. The predicted octanol–water partition coefficient (Wildman–Crippen LogP) is 3.85. The van der Waals surface area contributed by atoms with E-state index in [1.54, 1.807) is 0 Å². The molecule has 0 amide bonds. The molecule has 0 spiro atoms. The highest BCUT2D eigenvalue weighted by molar-refractivity contribution is 5.41. The van der Waals surface area contributed by atoms with E-state index >= 15 is 0 Å². The van der Waals surface area contributed by atoms with Crippen LogP contribution in [-0.4, -0.2) is 11.0 Å². The van der Waals surface area contributed by atoms with E-state index in [9.17, 15) is 0 Å². The Bertz CT molecular complexity index is 291. The zero-order chi connectivity index (χ0) is 11.2. The van der Waals surface area contributed by atoms with Gasteiger partial charge < -0.3 is 5.32 Å². The molecular weight excluding hydrogens is 196 g/mol. The second kappa shape index (κ2) is 5.88. The summed E-state index contributed by atoms with van der Waals surface area (Å²) < 4.78 is 0. The van der Waals surface area contributed by atoms with Gasteiger partial charge in [-0.15, -0.1) is 0 Å². The first kappa shape index (κ1) is 11.4. The number of hydrogen-bond donors (Lipinski definition) is 1. The van der Waals surface area contributed by atoms with Gasteiger partial charge in [0.1, 0.15) is 0 Å². The van der Waals surface area contributed by atoms with Crippen LogP contribution in [0.15, 0.2) is 24.5 Å². The number of hydrogen-bond acceptors (Lipinski definition) is 2. The zero-order valence-corrected chi connectivity index (χ0v) is 10.2. The fourth-order valence-electron chi connectivity index (χ4n) is 2.75. The first-order valence-electron chi connectivity index (χ1n) is 6.56. The molecule has 1 atom stereocenters. The van der Waals surface area contributed by atoms with Gasteiger partial charge in [-0.25, -0.2) is 0 Å². The Labute approximate surface area is 98.5 Å². The minimum absolute atomic E-state index is 0.641. The summed E-state index contributed by atoms with van der Waals surface area (Å²) in [4.78, 5) is 4.05. The van der Waals surface area contributed by atoms with Crippen molar-refractivity contribution >= 4 is 5.69 Å². The molecule has 16 heavy (non-hydrogen) atoms. The van der Waals surface area contributed by atoms with E-state index in [0.717, 1.165) is 5.92 Å². The lowest BCUT2D eigenvalue weighted by atomic mass is 9.83. The lowest BCUT2D eigenvalue weighted by molar-refractivity contribution is 0.313. The minimum atomic E-state index is 0.641. The normalized spacial score (nSPS) is 19.3. The summed E-state index contributed by atoms with van der Waals surface area (Å²) in [5.41, 5.74) is 1.22. The van der Waals surface area contributed by atoms with Crippen LogP contribution < -0.4 is 5.32 Å². The molecule has 0 saturated heterocycles. The van der Waals surface area contributed by atoms with Crippen LogP contribution in [0.2, 0.25) is 0 Å². The van der Waals surface area contributed by atoms with Gasteiger partial charge in [0.05, 0.1) is 0 Å². The molecule has 1 N–H and O–H groups in total. The van der Waals surface area contributed by atoms with Gasteiger partial charge in [-0.2, -0.15) is 0 Å². The first-order valence-corrected chi connectivity index (χ1v) is 6.56. The van der Waals surface area contributed by atoms with E-state index in [2.05, 4.69) is 29.4 Å². The van der Waals surface area contributed by atoms with Gasteiger partial charge in [0.25, 0.3) is 0 Å². The Morgan fingerprint density at radius 3 is 2.56 bits per heavy atom. The van der Waals surface area contributed by atoms with Gasteiger partial charge >= 0.3 is 0 Å². The van der Waals surface area contributed by atoms with E-state index in [4.69, 9.17) is 0 Å². The van der Waals surface area contributed by atoms with Gasteiger partial charge in [0.2, 0.25) is 0 Å². The monoisotopic (exact) mass is 218 g/mol. The van der Waals surface area contributed by atoms with Crippen molar-refractivity contribution in [2.75, 3.05) is 5.32 Å². The van der Waals surface area contributed by atoms with Crippen LogP contribution >= 0.6 is 0 Å². The van der Waals surface area contributed by atoms with E-state index in [1.165, 1.54) is 44.2 Å². The predicted molar refractivity (Wildman–Crippen MR) is 68.5 cm³/mol. The molecule has 1 heterocycles. The second-order valence-electron chi connectivity index (χ2n) is 4.79. The minimum Gasteiger partial charge on any atom is -0.382 e. The summed E-state index contributed by atoms with van der Waals surface area (Å²) in [6.07, 6.45) is 12.0. The fraction of sp³-hybridized carbons (Fsp3) is 0.643. The van der Waals surface area contributed by atoms with Crippen molar-refractivity contribution in [1.29, 1.82) is 0 Å². The highest BCUT2D eigenvalue weighted by Gasteiger charge is 2.21. The van der Waals surface area contributed by atoms with Crippen LogP contribution in [0.4, 0.5) is 5.69 Å². The summed E-state index contributed by atoms with van der Waals surface area (Å²) in [5.74, 6) is 0.868. The summed E-state index contributed by atoms with van der Waals surface area (Å²) in [5, 5.41) is 3.66. The van der Waals surface area contributed by atoms with Crippen molar-refractivity contribution < 1.29 is 0 Å². The molecule has 0 radical (unpaired) electrons. The average molecular weight is 218 g/mol. The van der Waals surface area contributed by atoms with Crippen molar-refractivity contribution in [2.24, 2.45) is 5.92 Å². The molecule has 2 nitrogen and oxygen atoms in total. The van der Waals surface area contributed by atoms with Gasteiger partial charge in [-0.05, 0) is 37.3 Å². The molecule has 1 unspecified atom stereocenters. The molecule has 1 aromatic heterocycles. The molecule has 0 bridgehead atoms. The maximum absolute atomic E-state index is 4.05. The Morgan fingerprint density at radius 2 is 1.94 bits per heavy atom. The first-order chi connectivity index (χ1) is 7.90. The lowest BCUT2D eigenvalue weighted by Crippen LogP contribution is -2.30. The third-order valence-electron chi connectivity index (χ3n) is 3.69. The van der Waals surface area contributed by atoms with Crippen LogP contribution in [0.25, 0.3) is 0 Å². The third-order valence-corrected chi connectivity index (χ3v) is 3.69. The molecule has 1 aromatic rings. The van der Waals surface area contributed by atoms with Crippen molar-refractivity contribution in [2.45, 2.75) is 51.5 Å². The van der Waals surface area contributed by atoms with E-state index in [-0.39, 0.29) is 0 Å². The molecule has 1 aliphatic carbocycles. The van der Waals surface area contributed by atoms with Gasteiger partial charge in [0.15, 0.2) is 0 Å². The summed E-state index contributed by atoms with van der Waals surface area (Å²) in [6.45, 7) is 2.29. The standard InChI is InChI=1S/C14H22N2/c1-2-14(12-6-4-3-5-7-12)16-13-8-10-15-11-9-13/h8-12,14H,2-7H2,1H3,(H,15,16). The average Bonchev–Trinajstić information content (AvgIpc) is 2.38. The van der Waals surface area contributed by atoms with Gasteiger partial charge in [-0.1, -0.05) is 26.2 Å². The number of aromatic nitrogens is 1. The molecule has 1 aliphatic rings. The van der Waals surface area contributed by atoms with Crippen LogP contribution in [0.5, 0.6) is 0 Å². The second-order valence-corrected chi connectivity index (χ2v) is 4.79. The number of rotatable bonds is 4. The molecule has 88 valence electrons. The molecule has 2 rings (SSSR count). The molecule has 0 aliphatic heterocycles. The van der Waals surface area contributed by atoms with Crippen molar-refractivity contribution in [3.63, 3.8) is 0 Å². The van der Waals surface area contributed by atoms with Gasteiger partial charge in [-0.3, -0.25) is 4.98 Å². The van der Waals surface area contributed by atoms with Crippen LogP contribution in [0.3, 0.4) is 0 Å². The maximum Gasteiger partial charge on any atom is 0.0373 e. The van der Waals surface area contributed by atoms with Crippen LogP contribution in [-0.2, 0) is 0 Å². The molecule has 1 saturated carbocycles. The smallest absolute Gasteiger partial charge is 0.0373 e. The molecular formula is C14H22N2. The number of anilines is 1. The summed E-state index contributed by atoms with van der Waals surface area (Å²) >= 11 is 0. The SMILES string of the molecule is CCC(Nc1ccncc1)C1CCCCC1. The van der Waals surface area contributed by atoms with Crippen molar-refractivity contribution in [1.82, 2.24) is 4.98 Å². The Morgan fingerprint density at radius 1 is 1.25 bits per heavy atom. The largest absolute Gasteiger partial charge is 0.382 e. The Balaban J connectivity index is 1.94. The fourth-order valence-corrected chi connectivity index (χ4v) is 2.75. The molecule has 0 aromatic carbocycles. The summed E-state index contributed by atoms with van der Waals surface area (Å²) in [6, 6.07) is 4.76. The van der Waals surface area contributed by atoms with Crippen molar-refractivity contribution in [3.8, 4) is 0 Å². The topological polar surface area (TPSA) is 24.9 Å². The van der Waals surface area contributed by atoms with E-state index in [1.807, 2.05) is 12.4 Å². The van der Waals surface area contributed by atoms with Crippen LogP contribution in [0, 0.1) is 5.92 Å². The third kappa shape index (κ3) is 2.97. The molecule has 2 heteroatoms. The van der Waals surface area contributed by atoms with E-state index in [0.29, 0.717) is 6.04 Å². The van der Waals surface area contributed by atoms with Crippen molar-refractivity contribution in [3.05, 3.63) is 24.5 Å². The number of nitrogens with zero attached hydrogens (tertiary/aromatic N) is 1. The summed E-state index contributed by atoms with van der Waals surface area (Å²) in [7, 11) is 0. The van der Waals surface area contributed by atoms with E-state index < -0.39 is 0 Å². The van der Waals surface area contributed by atoms with Crippen LogP contribution in [0.1, 0.15) is 45.4 Å². The number of nitrogens with one attached hydrogen (secondary N) is 1.